The van der Waals surface area contributed by atoms with E-state index in [1.165, 1.54) is 5.56 Å². The second kappa shape index (κ2) is 8.63. The van der Waals surface area contributed by atoms with Crippen LogP contribution in [0.1, 0.15) is 17.5 Å². The van der Waals surface area contributed by atoms with Crippen molar-refractivity contribution in [1.82, 2.24) is 9.97 Å². The number of aryl methyl sites for hydroxylation is 2. The Labute approximate surface area is 158 Å². The lowest BCUT2D eigenvalue weighted by atomic mass is 10.1. The predicted octanol–water partition coefficient (Wildman–Crippen LogP) is 4.88. The number of hydrogen-bond acceptors (Lipinski definition) is 4. The van der Waals surface area contributed by atoms with Crippen LogP contribution in [0.4, 0.5) is 5.69 Å². The monoisotopic (exact) mass is 363 g/mol. The van der Waals surface area contributed by atoms with Crippen molar-refractivity contribution >= 4 is 23.4 Å². The van der Waals surface area contributed by atoms with Gasteiger partial charge in [0.1, 0.15) is 6.33 Å². The van der Waals surface area contributed by atoms with Crippen LogP contribution in [0, 0.1) is 13.8 Å². The summed E-state index contributed by atoms with van der Waals surface area (Å²) in [4.78, 5) is 20.8. The van der Waals surface area contributed by atoms with Gasteiger partial charge in [-0.3, -0.25) is 4.79 Å². The first-order valence-electron chi connectivity index (χ1n) is 8.49. The van der Waals surface area contributed by atoms with E-state index in [4.69, 9.17) is 0 Å². The van der Waals surface area contributed by atoms with E-state index in [2.05, 4.69) is 21.4 Å². The first kappa shape index (κ1) is 18.1. The number of carbonyl (C=O) groups excluding carboxylic acids is 1. The third-order valence-corrected chi connectivity index (χ3v) is 4.87. The highest BCUT2D eigenvalue weighted by Gasteiger charge is 2.07. The zero-order valence-corrected chi connectivity index (χ0v) is 15.7. The van der Waals surface area contributed by atoms with Crippen LogP contribution in [0.5, 0.6) is 0 Å². The lowest BCUT2D eigenvalue weighted by Gasteiger charge is -2.09. The summed E-state index contributed by atoms with van der Waals surface area (Å²) in [6.45, 7) is 4.05. The molecule has 0 aliphatic carbocycles. The summed E-state index contributed by atoms with van der Waals surface area (Å²) >= 11 is 1.56. The molecule has 1 aromatic heterocycles. The van der Waals surface area contributed by atoms with Gasteiger partial charge in [0.05, 0.1) is 10.7 Å². The number of carbonyl (C=O) groups is 1. The Bertz CT molecular complexity index is 897. The zero-order valence-electron chi connectivity index (χ0n) is 14.9. The van der Waals surface area contributed by atoms with Crippen molar-refractivity contribution in [2.75, 3.05) is 11.1 Å². The molecule has 2 aromatic carbocycles. The second-order valence-electron chi connectivity index (χ2n) is 6.07. The van der Waals surface area contributed by atoms with Gasteiger partial charge in [0.25, 0.3) is 0 Å². The van der Waals surface area contributed by atoms with Crippen molar-refractivity contribution < 1.29 is 4.79 Å². The highest BCUT2D eigenvalue weighted by Crippen LogP contribution is 2.22. The van der Waals surface area contributed by atoms with E-state index in [1.807, 2.05) is 62.4 Å². The lowest BCUT2D eigenvalue weighted by molar-refractivity contribution is -0.115. The van der Waals surface area contributed by atoms with E-state index < -0.39 is 0 Å². The maximum absolute atomic E-state index is 12.2. The van der Waals surface area contributed by atoms with E-state index in [9.17, 15) is 4.79 Å². The van der Waals surface area contributed by atoms with Crippen LogP contribution in [0.15, 0.2) is 66.0 Å². The van der Waals surface area contributed by atoms with Gasteiger partial charge in [-0.25, -0.2) is 9.97 Å². The minimum Gasteiger partial charge on any atom is -0.326 e. The molecule has 0 bridgehead atoms. The number of rotatable bonds is 6. The molecule has 0 aliphatic heterocycles. The van der Waals surface area contributed by atoms with Crippen molar-refractivity contribution in [3.63, 3.8) is 0 Å². The van der Waals surface area contributed by atoms with Gasteiger partial charge >= 0.3 is 0 Å². The Hall–Kier alpha value is -2.66. The summed E-state index contributed by atoms with van der Waals surface area (Å²) < 4.78 is 0. The van der Waals surface area contributed by atoms with E-state index >= 15 is 0 Å². The van der Waals surface area contributed by atoms with Crippen LogP contribution < -0.4 is 5.32 Å². The Morgan fingerprint density at radius 2 is 1.85 bits per heavy atom. The Kier molecular flexibility index (Phi) is 6.02. The fourth-order valence-electron chi connectivity index (χ4n) is 2.60. The molecule has 3 aromatic rings. The standard InChI is InChI=1S/C21H21N3OS/c1-15-8-9-18(16(2)12-15)24-20(25)10-11-26-21-13-19(22-14-23-21)17-6-4-3-5-7-17/h3-9,12-14H,10-11H2,1-2H3,(H,24,25). The first-order chi connectivity index (χ1) is 12.6. The highest BCUT2D eigenvalue weighted by molar-refractivity contribution is 7.99. The number of thioether (sulfide) groups is 1. The van der Waals surface area contributed by atoms with E-state index in [1.54, 1.807) is 18.1 Å². The molecule has 3 rings (SSSR count). The molecule has 0 saturated heterocycles. The fraction of sp³-hybridized carbons (Fsp3) is 0.190. The molecule has 0 saturated carbocycles. The summed E-state index contributed by atoms with van der Waals surface area (Å²) in [5.41, 5.74) is 5.09. The molecule has 1 heterocycles. The molecule has 4 nitrogen and oxygen atoms in total. The first-order valence-corrected chi connectivity index (χ1v) is 9.48. The van der Waals surface area contributed by atoms with Gasteiger partial charge in [-0.05, 0) is 31.5 Å². The molecule has 1 N–H and O–H groups in total. The Morgan fingerprint density at radius 1 is 1.04 bits per heavy atom. The Morgan fingerprint density at radius 3 is 2.62 bits per heavy atom. The zero-order chi connectivity index (χ0) is 18.4. The predicted molar refractivity (Wildman–Crippen MR) is 107 cm³/mol. The van der Waals surface area contributed by atoms with Crippen LogP contribution in [0.25, 0.3) is 11.3 Å². The molecular weight excluding hydrogens is 342 g/mol. The largest absolute Gasteiger partial charge is 0.326 e. The summed E-state index contributed by atoms with van der Waals surface area (Å²) in [5.74, 6) is 0.684. The van der Waals surface area contributed by atoms with Crippen molar-refractivity contribution in [2.24, 2.45) is 0 Å². The quantitative estimate of drug-likeness (QED) is 0.501. The third-order valence-electron chi connectivity index (χ3n) is 3.95. The van der Waals surface area contributed by atoms with Crippen molar-refractivity contribution in [1.29, 1.82) is 0 Å². The van der Waals surface area contributed by atoms with Gasteiger partial charge in [0.2, 0.25) is 5.91 Å². The molecule has 0 atom stereocenters. The molecule has 0 unspecified atom stereocenters. The van der Waals surface area contributed by atoms with Crippen LogP contribution in [-0.2, 0) is 4.79 Å². The number of hydrogen-bond donors (Lipinski definition) is 1. The molecule has 5 heteroatoms. The van der Waals surface area contributed by atoms with Crippen LogP contribution >= 0.6 is 11.8 Å². The van der Waals surface area contributed by atoms with Gasteiger partial charge in [-0.1, -0.05) is 48.0 Å². The van der Waals surface area contributed by atoms with Crippen molar-refractivity contribution in [3.05, 3.63) is 72.1 Å². The highest BCUT2D eigenvalue weighted by atomic mass is 32.2. The van der Waals surface area contributed by atoms with Gasteiger partial charge in [-0.15, -0.1) is 11.8 Å². The van der Waals surface area contributed by atoms with E-state index in [0.29, 0.717) is 12.2 Å². The lowest BCUT2D eigenvalue weighted by Crippen LogP contribution is -2.13. The number of amides is 1. The molecule has 0 fully saturated rings. The van der Waals surface area contributed by atoms with Crippen molar-refractivity contribution in [3.8, 4) is 11.3 Å². The molecule has 132 valence electrons. The molecule has 1 amide bonds. The fourth-order valence-corrected chi connectivity index (χ4v) is 3.41. The van der Waals surface area contributed by atoms with Crippen LogP contribution in [0.3, 0.4) is 0 Å². The van der Waals surface area contributed by atoms with Gasteiger partial charge in [0, 0.05) is 23.4 Å². The average molecular weight is 363 g/mol. The van der Waals surface area contributed by atoms with Crippen LogP contribution in [-0.4, -0.2) is 21.6 Å². The van der Waals surface area contributed by atoms with Gasteiger partial charge < -0.3 is 5.32 Å². The summed E-state index contributed by atoms with van der Waals surface area (Å²) in [5, 5.41) is 3.85. The number of anilines is 1. The van der Waals surface area contributed by atoms with E-state index in [0.717, 1.165) is 27.5 Å². The number of benzene rings is 2. The van der Waals surface area contributed by atoms with Gasteiger partial charge in [-0.2, -0.15) is 0 Å². The van der Waals surface area contributed by atoms with Crippen molar-refractivity contribution in [2.45, 2.75) is 25.3 Å². The molecule has 0 spiro atoms. The minimum atomic E-state index is 0.0155. The minimum absolute atomic E-state index is 0.0155. The molecule has 26 heavy (non-hydrogen) atoms. The second-order valence-corrected chi connectivity index (χ2v) is 7.19. The number of nitrogens with one attached hydrogen (secondary N) is 1. The molecule has 0 radical (unpaired) electrons. The number of nitrogens with zero attached hydrogens (tertiary/aromatic N) is 2. The van der Waals surface area contributed by atoms with Gasteiger partial charge in [0.15, 0.2) is 0 Å². The number of aromatic nitrogens is 2. The topological polar surface area (TPSA) is 54.9 Å². The average Bonchev–Trinajstić information content (AvgIpc) is 2.65. The normalized spacial score (nSPS) is 10.5. The van der Waals surface area contributed by atoms with Crippen LogP contribution in [0.2, 0.25) is 0 Å². The SMILES string of the molecule is Cc1ccc(NC(=O)CCSc2cc(-c3ccccc3)ncn2)c(C)c1. The summed E-state index contributed by atoms with van der Waals surface area (Å²) in [6, 6.07) is 18.0. The maximum Gasteiger partial charge on any atom is 0.225 e. The molecule has 0 aliphatic rings. The maximum atomic E-state index is 12.2. The summed E-state index contributed by atoms with van der Waals surface area (Å²) in [6.07, 6.45) is 2.00. The van der Waals surface area contributed by atoms with E-state index in [-0.39, 0.29) is 5.91 Å². The Balaban J connectivity index is 1.54. The summed E-state index contributed by atoms with van der Waals surface area (Å²) in [7, 11) is 0. The third kappa shape index (κ3) is 4.92. The smallest absolute Gasteiger partial charge is 0.225 e. The molecular formula is C21H21N3OS.